The zero-order valence-corrected chi connectivity index (χ0v) is 14.5. The lowest BCUT2D eigenvalue weighted by molar-refractivity contribution is -0.113. The molecular formula is C16H18N6OS. The smallest absolute Gasteiger partial charge is 0.234 e. The molecule has 8 heteroatoms. The van der Waals surface area contributed by atoms with Crippen molar-refractivity contribution in [3.63, 3.8) is 0 Å². The molecule has 2 N–H and O–H groups in total. The van der Waals surface area contributed by atoms with E-state index in [-0.39, 0.29) is 11.7 Å². The van der Waals surface area contributed by atoms with E-state index in [0.717, 1.165) is 22.6 Å². The number of nitrogens with one attached hydrogen (secondary N) is 2. The first kappa shape index (κ1) is 16.3. The maximum absolute atomic E-state index is 12.1. The molecule has 2 aromatic heterocycles. The molecule has 2 heterocycles. The van der Waals surface area contributed by atoms with Crippen LogP contribution in [0.2, 0.25) is 0 Å². The van der Waals surface area contributed by atoms with Crippen molar-refractivity contribution >= 4 is 23.4 Å². The third-order valence-electron chi connectivity index (χ3n) is 3.62. The Balaban J connectivity index is 1.60. The molecule has 1 amide bonds. The fraction of sp³-hybridized carbons (Fsp3) is 0.250. The molecule has 1 aromatic carbocycles. The number of H-pyrrole nitrogens is 1. The second kappa shape index (κ2) is 6.88. The zero-order chi connectivity index (χ0) is 17.1. The van der Waals surface area contributed by atoms with Gasteiger partial charge in [-0.3, -0.25) is 14.6 Å². The molecule has 0 atom stereocenters. The van der Waals surface area contributed by atoms with Crippen molar-refractivity contribution in [2.24, 2.45) is 7.05 Å². The summed E-state index contributed by atoms with van der Waals surface area (Å²) in [5.41, 5.74) is 3.46. The minimum Gasteiger partial charge on any atom is -0.322 e. The van der Waals surface area contributed by atoms with E-state index in [1.54, 1.807) is 4.68 Å². The van der Waals surface area contributed by atoms with Gasteiger partial charge in [-0.1, -0.05) is 42.1 Å². The molecule has 0 saturated heterocycles. The number of aromatic amines is 1. The molecule has 0 spiro atoms. The molecule has 3 aromatic rings. The van der Waals surface area contributed by atoms with Gasteiger partial charge in [0, 0.05) is 12.6 Å². The van der Waals surface area contributed by atoms with Gasteiger partial charge in [-0.25, -0.2) is 4.98 Å². The molecule has 7 nitrogen and oxygen atoms in total. The van der Waals surface area contributed by atoms with E-state index < -0.39 is 0 Å². The lowest BCUT2D eigenvalue weighted by Gasteiger charge is -2.04. The fourth-order valence-electron chi connectivity index (χ4n) is 2.30. The number of nitrogens with zero attached hydrogens (tertiary/aromatic N) is 4. The maximum Gasteiger partial charge on any atom is 0.234 e. The normalized spacial score (nSPS) is 10.8. The highest BCUT2D eigenvalue weighted by Gasteiger charge is 2.14. The molecule has 24 heavy (non-hydrogen) atoms. The van der Waals surface area contributed by atoms with Crippen LogP contribution in [0.4, 0.5) is 5.69 Å². The van der Waals surface area contributed by atoms with Crippen LogP contribution in [0.5, 0.6) is 0 Å². The van der Waals surface area contributed by atoms with Crippen LogP contribution in [0.25, 0.3) is 11.4 Å². The van der Waals surface area contributed by atoms with Crippen LogP contribution < -0.4 is 5.32 Å². The van der Waals surface area contributed by atoms with Gasteiger partial charge in [0.1, 0.15) is 0 Å². The Bertz CT molecular complexity index is 855. The van der Waals surface area contributed by atoms with Crippen molar-refractivity contribution in [1.82, 2.24) is 25.0 Å². The lowest BCUT2D eigenvalue weighted by Crippen LogP contribution is -2.15. The minimum absolute atomic E-state index is 0.106. The predicted octanol–water partition coefficient (Wildman–Crippen LogP) is 2.55. The Morgan fingerprint density at radius 2 is 2.04 bits per heavy atom. The van der Waals surface area contributed by atoms with Crippen molar-refractivity contribution in [2.75, 3.05) is 11.1 Å². The van der Waals surface area contributed by atoms with Gasteiger partial charge < -0.3 is 5.32 Å². The first-order valence-corrected chi connectivity index (χ1v) is 8.44. The number of aryl methyl sites for hydroxylation is 2. The molecule has 0 radical (unpaired) electrons. The second-order valence-corrected chi connectivity index (χ2v) is 6.28. The predicted molar refractivity (Wildman–Crippen MR) is 93.9 cm³/mol. The van der Waals surface area contributed by atoms with Crippen LogP contribution in [-0.4, -0.2) is 36.6 Å². The summed E-state index contributed by atoms with van der Waals surface area (Å²) in [5.74, 6) is 0.822. The number of thioether (sulfide) groups is 1. The van der Waals surface area contributed by atoms with E-state index in [2.05, 4.69) is 25.6 Å². The monoisotopic (exact) mass is 342 g/mol. The van der Waals surface area contributed by atoms with Crippen molar-refractivity contribution in [2.45, 2.75) is 19.0 Å². The van der Waals surface area contributed by atoms with Gasteiger partial charge in [0.2, 0.25) is 11.1 Å². The molecule has 0 aliphatic rings. The summed E-state index contributed by atoms with van der Waals surface area (Å²) in [6.45, 7) is 3.79. The van der Waals surface area contributed by atoms with Gasteiger partial charge in [-0.15, -0.1) is 5.10 Å². The average Bonchev–Trinajstić information content (AvgIpc) is 3.15. The topological polar surface area (TPSA) is 88.5 Å². The van der Waals surface area contributed by atoms with Crippen LogP contribution in [0, 0.1) is 13.8 Å². The van der Waals surface area contributed by atoms with Crippen LogP contribution in [0.15, 0.2) is 35.5 Å². The summed E-state index contributed by atoms with van der Waals surface area (Å²) in [5, 5.41) is 14.8. The van der Waals surface area contributed by atoms with E-state index in [1.165, 1.54) is 11.8 Å². The van der Waals surface area contributed by atoms with Crippen molar-refractivity contribution in [1.29, 1.82) is 0 Å². The van der Waals surface area contributed by atoms with Crippen molar-refractivity contribution in [3.8, 4) is 11.4 Å². The summed E-state index contributed by atoms with van der Waals surface area (Å²) < 4.78 is 1.75. The van der Waals surface area contributed by atoms with Gasteiger partial charge >= 0.3 is 0 Å². The molecule has 124 valence electrons. The molecule has 0 aliphatic carbocycles. The van der Waals surface area contributed by atoms with Crippen LogP contribution in [0.3, 0.4) is 0 Å². The van der Waals surface area contributed by atoms with E-state index >= 15 is 0 Å². The van der Waals surface area contributed by atoms with Crippen molar-refractivity contribution < 1.29 is 4.79 Å². The van der Waals surface area contributed by atoms with Gasteiger partial charge in [-0.05, 0) is 13.8 Å². The number of carbonyl (C=O) groups excluding carboxylic acids is 1. The summed E-state index contributed by atoms with van der Waals surface area (Å²) in [6.07, 6.45) is 0. The standard InChI is InChI=1S/C16H18N6OS/c1-10-14(11(2)22(3)21-10)17-13(23)9-24-16-18-15(19-20-16)12-7-5-4-6-8-12/h4-8H,9H2,1-3H3,(H,17,23)(H,18,19,20). The third-order valence-corrected chi connectivity index (χ3v) is 4.47. The minimum atomic E-state index is -0.106. The summed E-state index contributed by atoms with van der Waals surface area (Å²) in [7, 11) is 1.85. The van der Waals surface area contributed by atoms with Gasteiger partial charge in [0.25, 0.3) is 0 Å². The SMILES string of the molecule is Cc1nn(C)c(C)c1NC(=O)CSc1n[nH]c(-c2ccccc2)n1. The second-order valence-electron chi connectivity index (χ2n) is 5.34. The number of aromatic nitrogens is 5. The number of amides is 1. The molecule has 3 rings (SSSR count). The summed E-state index contributed by atoms with van der Waals surface area (Å²) in [4.78, 5) is 16.5. The third kappa shape index (κ3) is 3.48. The largest absolute Gasteiger partial charge is 0.322 e. The Hall–Kier alpha value is -2.61. The van der Waals surface area contributed by atoms with Gasteiger partial charge in [-0.2, -0.15) is 5.10 Å². The van der Waals surface area contributed by atoms with Crippen LogP contribution >= 0.6 is 11.8 Å². The molecular weight excluding hydrogens is 324 g/mol. The van der Waals surface area contributed by atoms with Gasteiger partial charge in [0.15, 0.2) is 5.82 Å². The van der Waals surface area contributed by atoms with E-state index in [9.17, 15) is 4.79 Å². The summed E-state index contributed by atoms with van der Waals surface area (Å²) >= 11 is 1.29. The Morgan fingerprint density at radius 1 is 1.29 bits per heavy atom. The molecule has 0 bridgehead atoms. The van der Waals surface area contributed by atoms with E-state index in [4.69, 9.17) is 0 Å². The van der Waals surface area contributed by atoms with Crippen LogP contribution in [-0.2, 0) is 11.8 Å². The number of anilines is 1. The number of benzene rings is 1. The van der Waals surface area contributed by atoms with Crippen molar-refractivity contribution in [3.05, 3.63) is 41.7 Å². The number of rotatable bonds is 5. The quantitative estimate of drug-likeness (QED) is 0.696. The fourth-order valence-corrected chi connectivity index (χ4v) is 2.89. The Kier molecular flexibility index (Phi) is 4.66. The number of carbonyl (C=O) groups is 1. The highest BCUT2D eigenvalue weighted by Crippen LogP contribution is 2.21. The molecule has 0 saturated carbocycles. The van der Waals surface area contributed by atoms with E-state index in [0.29, 0.717) is 11.0 Å². The molecule has 0 unspecified atom stereocenters. The molecule has 0 fully saturated rings. The lowest BCUT2D eigenvalue weighted by atomic mass is 10.2. The maximum atomic E-state index is 12.1. The average molecular weight is 342 g/mol. The number of hydrogen-bond donors (Lipinski definition) is 2. The highest BCUT2D eigenvalue weighted by molar-refractivity contribution is 7.99. The molecule has 0 aliphatic heterocycles. The Labute approximate surface area is 143 Å². The Morgan fingerprint density at radius 3 is 2.71 bits per heavy atom. The van der Waals surface area contributed by atoms with E-state index in [1.807, 2.05) is 51.2 Å². The van der Waals surface area contributed by atoms with Crippen LogP contribution in [0.1, 0.15) is 11.4 Å². The number of hydrogen-bond acceptors (Lipinski definition) is 5. The summed E-state index contributed by atoms with van der Waals surface area (Å²) in [6, 6.07) is 9.74. The highest BCUT2D eigenvalue weighted by atomic mass is 32.2. The zero-order valence-electron chi connectivity index (χ0n) is 13.7. The first-order chi connectivity index (χ1) is 11.5. The first-order valence-electron chi connectivity index (χ1n) is 7.45. The van der Waals surface area contributed by atoms with Gasteiger partial charge in [0.05, 0.1) is 22.8 Å².